The van der Waals surface area contributed by atoms with E-state index in [4.69, 9.17) is 16.3 Å². The molecular formula is C20H28ClNO3. The number of ether oxygens (including phenoxy) is 1. The molecule has 1 heterocycles. The molecule has 1 atom stereocenters. The summed E-state index contributed by atoms with van der Waals surface area (Å²) in [5.41, 5.74) is -0.182. The van der Waals surface area contributed by atoms with Crippen molar-refractivity contribution in [3.05, 3.63) is 34.9 Å². The summed E-state index contributed by atoms with van der Waals surface area (Å²) in [5.74, 6) is -0.145. The maximum Gasteiger partial charge on any atom is 0.314 e. The van der Waals surface area contributed by atoms with Crippen LogP contribution in [0, 0.1) is 10.8 Å². The largest absolute Gasteiger partial charge is 0.466 e. The molecule has 25 heavy (non-hydrogen) atoms. The zero-order valence-electron chi connectivity index (χ0n) is 15.6. The first-order chi connectivity index (χ1) is 11.7. The van der Waals surface area contributed by atoms with Gasteiger partial charge in [-0.3, -0.25) is 9.59 Å². The van der Waals surface area contributed by atoms with Crippen LogP contribution in [-0.2, 0) is 20.7 Å². The zero-order valence-corrected chi connectivity index (χ0v) is 16.4. The molecule has 5 heteroatoms. The van der Waals surface area contributed by atoms with Gasteiger partial charge in [-0.1, -0.05) is 44.5 Å². The van der Waals surface area contributed by atoms with Crippen LogP contribution < -0.4 is 0 Å². The maximum atomic E-state index is 12.8. The van der Waals surface area contributed by atoms with Crippen LogP contribution in [0.5, 0.6) is 0 Å². The number of halogens is 1. The van der Waals surface area contributed by atoms with Crippen LogP contribution in [0.3, 0.4) is 0 Å². The van der Waals surface area contributed by atoms with Crippen LogP contribution >= 0.6 is 11.6 Å². The number of piperidine rings is 1. The number of carbonyl (C=O) groups is 2. The van der Waals surface area contributed by atoms with Gasteiger partial charge >= 0.3 is 5.97 Å². The molecule has 0 aromatic heterocycles. The average Bonchev–Trinajstić information content (AvgIpc) is 2.53. The predicted octanol–water partition coefficient (Wildman–Crippen LogP) is 4.10. The highest BCUT2D eigenvalue weighted by molar-refractivity contribution is 6.30. The van der Waals surface area contributed by atoms with E-state index in [0.717, 1.165) is 12.0 Å². The summed E-state index contributed by atoms with van der Waals surface area (Å²) < 4.78 is 5.39. The third-order valence-electron chi connectivity index (χ3n) is 4.65. The van der Waals surface area contributed by atoms with Crippen LogP contribution in [0.4, 0.5) is 0 Å². The maximum absolute atomic E-state index is 12.8. The lowest BCUT2D eigenvalue weighted by molar-refractivity contribution is -0.162. The molecular weight excluding hydrogens is 338 g/mol. The Morgan fingerprint density at radius 3 is 2.64 bits per heavy atom. The van der Waals surface area contributed by atoms with Crippen LogP contribution in [0.1, 0.15) is 46.1 Å². The fourth-order valence-corrected chi connectivity index (χ4v) is 3.70. The van der Waals surface area contributed by atoms with Crippen molar-refractivity contribution in [2.24, 2.45) is 10.8 Å². The highest BCUT2D eigenvalue weighted by Gasteiger charge is 2.46. The minimum Gasteiger partial charge on any atom is -0.466 e. The third kappa shape index (κ3) is 4.75. The van der Waals surface area contributed by atoms with Gasteiger partial charge < -0.3 is 9.64 Å². The van der Waals surface area contributed by atoms with Crippen molar-refractivity contribution in [3.63, 3.8) is 0 Å². The minimum atomic E-state index is -0.708. The van der Waals surface area contributed by atoms with Crippen LogP contribution in [0.15, 0.2) is 24.3 Å². The molecule has 0 N–H and O–H groups in total. The standard InChI is InChI=1S/C20H28ClNO3/c1-5-25-18(24)20(13-15-8-6-9-16(21)12-15)10-7-11-22(14-20)17(23)19(2,3)4/h6,8-9,12H,5,7,10-11,13-14H2,1-4H3/t20-/m0/s1. The molecule has 1 aliphatic rings. The van der Waals surface area contributed by atoms with E-state index in [1.165, 1.54) is 0 Å². The quantitative estimate of drug-likeness (QED) is 0.754. The molecule has 0 radical (unpaired) electrons. The van der Waals surface area contributed by atoms with Crippen LogP contribution in [0.25, 0.3) is 0 Å². The first-order valence-electron chi connectivity index (χ1n) is 8.89. The third-order valence-corrected chi connectivity index (χ3v) is 4.88. The molecule has 0 saturated carbocycles. The number of nitrogens with zero attached hydrogens (tertiary/aromatic N) is 1. The molecule has 1 aromatic carbocycles. The Morgan fingerprint density at radius 1 is 1.32 bits per heavy atom. The van der Waals surface area contributed by atoms with Crippen LogP contribution in [0.2, 0.25) is 5.02 Å². The van der Waals surface area contributed by atoms with Gasteiger partial charge in [0.15, 0.2) is 0 Å². The molecule has 0 spiro atoms. The first kappa shape index (κ1) is 19.8. The lowest BCUT2D eigenvalue weighted by Crippen LogP contribution is -2.53. The van der Waals surface area contributed by atoms with E-state index in [9.17, 15) is 9.59 Å². The van der Waals surface area contributed by atoms with Gasteiger partial charge in [0.1, 0.15) is 0 Å². The molecule has 0 aliphatic carbocycles. The fraction of sp³-hybridized carbons (Fsp3) is 0.600. The van der Waals surface area contributed by atoms with Crippen molar-refractivity contribution in [1.82, 2.24) is 4.90 Å². The Morgan fingerprint density at radius 2 is 2.04 bits per heavy atom. The number of benzene rings is 1. The van der Waals surface area contributed by atoms with Gasteiger partial charge in [0.05, 0.1) is 12.0 Å². The Hall–Kier alpha value is -1.55. The molecule has 1 amide bonds. The lowest BCUT2D eigenvalue weighted by atomic mass is 9.74. The summed E-state index contributed by atoms with van der Waals surface area (Å²) in [6.45, 7) is 8.96. The van der Waals surface area contributed by atoms with Gasteiger partial charge in [-0.25, -0.2) is 0 Å². The predicted molar refractivity (Wildman–Crippen MR) is 99.5 cm³/mol. The van der Waals surface area contributed by atoms with Gasteiger partial charge in [0.2, 0.25) is 5.91 Å². The number of likely N-dealkylation sites (tertiary alicyclic amines) is 1. The smallest absolute Gasteiger partial charge is 0.314 e. The highest BCUT2D eigenvalue weighted by atomic mass is 35.5. The second-order valence-corrected chi connectivity index (χ2v) is 8.32. The highest BCUT2D eigenvalue weighted by Crippen LogP contribution is 2.37. The second kappa shape index (κ2) is 7.77. The molecule has 1 aliphatic heterocycles. The Bertz CT molecular complexity index is 638. The van der Waals surface area contributed by atoms with Crippen molar-refractivity contribution < 1.29 is 14.3 Å². The van der Waals surface area contributed by atoms with Crippen molar-refractivity contribution in [2.75, 3.05) is 19.7 Å². The SMILES string of the molecule is CCOC(=O)[C@]1(Cc2cccc(Cl)c2)CCCN(C(=O)C(C)(C)C)C1. The topological polar surface area (TPSA) is 46.6 Å². The van der Waals surface area contributed by atoms with Gasteiger partial charge in [0.25, 0.3) is 0 Å². The second-order valence-electron chi connectivity index (χ2n) is 7.89. The van der Waals surface area contributed by atoms with E-state index in [1.807, 2.05) is 56.9 Å². The summed E-state index contributed by atoms with van der Waals surface area (Å²) >= 11 is 6.11. The molecule has 138 valence electrons. The monoisotopic (exact) mass is 365 g/mol. The summed E-state index contributed by atoms with van der Waals surface area (Å²) in [7, 11) is 0. The van der Waals surface area contributed by atoms with Crippen molar-refractivity contribution >= 4 is 23.5 Å². The lowest BCUT2D eigenvalue weighted by Gasteiger charge is -2.43. The van der Waals surface area contributed by atoms with Gasteiger partial charge in [0, 0.05) is 23.5 Å². The van der Waals surface area contributed by atoms with Crippen LogP contribution in [-0.4, -0.2) is 36.5 Å². The number of carbonyl (C=O) groups excluding carboxylic acids is 2. The molecule has 2 rings (SSSR count). The Balaban J connectivity index is 2.31. The number of hydrogen-bond acceptors (Lipinski definition) is 3. The normalized spacial score (nSPS) is 21.1. The van der Waals surface area contributed by atoms with E-state index in [2.05, 4.69) is 0 Å². The molecule has 4 nitrogen and oxygen atoms in total. The van der Waals surface area contributed by atoms with Crippen molar-refractivity contribution in [3.8, 4) is 0 Å². The van der Waals surface area contributed by atoms with E-state index in [0.29, 0.717) is 37.6 Å². The Labute approximate surface area is 155 Å². The Kier molecular flexibility index (Phi) is 6.15. The number of amides is 1. The van der Waals surface area contributed by atoms with E-state index in [1.54, 1.807) is 0 Å². The average molecular weight is 366 g/mol. The molecule has 0 unspecified atom stereocenters. The number of hydrogen-bond donors (Lipinski definition) is 0. The van der Waals surface area contributed by atoms with Gasteiger partial charge in [-0.15, -0.1) is 0 Å². The number of rotatable bonds is 4. The molecule has 1 fully saturated rings. The summed E-state index contributed by atoms with van der Waals surface area (Å²) in [6.07, 6.45) is 2.04. The first-order valence-corrected chi connectivity index (χ1v) is 9.27. The summed E-state index contributed by atoms with van der Waals surface area (Å²) in [6, 6.07) is 7.56. The minimum absolute atomic E-state index is 0.0759. The molecule has 0 bridgehead atoms. The molecule has 1 aromatic rings. The fourth-order valence-electron chi connectivity index (χ4n) is 3.48. The zero-order chi connectivity index (χ0) is 18.7. The van der Waals surface area contributed by atoms with Gasteiger partial charge in [-0.05, 0) is 43.9 Å². The van der Waals surface area contributed by atoms with E-state index >= 15 is 0 Å². The number of esters is 1. The van der Waals surface area contributed by atoms with Gasteiger partial charge in [-0.2, -0.15) is 0 Å². The van der Waals surface area contributed by atoms with E-state index in [-0.39, 0.29) is 11.9 Å². The van der Waals surface area contributed by atoms with Crippen molar-refractivity contribution in [2.45, 2.75) is 47.0 Å². The summed E-state index contributed by atoms with van der Waals surface area (Å²) in [4.78, 5) is 27.4. The van der Waals surface area contributed by atoms with Crippen molar-refractivity contribution in [1.29, 1.82) is 0 Å². The summed E-state index contributed by atoms with van der Waals surface area (Å²) in [5, 5.41) is 0.648. The van der Waals surface area contributed by atoms with E-state index < -0.39 is 10.8 Å². The molecule has 1 saturated heterocycles.